The summed E-state index contributed by atoms with van der Waals surface area (Å²) in [5.74, 6) is 0. The lowest BCUT2D eigenvalue weighted by molar-refractivity contribution is 0.557. The highest BCUT2D eigenvalue weighted by Gasteiger charge is 1.91. The van der Waals surface area contributed by atoms with Crippen molar-refractivity contribution >= 4 is 0 Å². The minimum atomic E-state index is 1.19. The number of rotatable bonds is 12. The van der Waals surface area contributed by atoms with Crippen LogP contribution in [-0.4, -0.2) is 0 Å². The molecule has 0 radical (unpaired) electrons. The first-order valence-corrected chi connectivity index (χ1v) is 7.56. The zero-order chi connectivity index (χ0) is 11.9. The van der Waals surface area contributed by atoms with Crippen LogP contribution in [0.15, 0.2) is 12.2 Å². The average Bonchev–Trinajstić information content (AvgIpc) is 2.31. The maximum atomic E-state index is 2.34. The molecule has 0 saturated heterocycles. The molecule has 0 aromatic carbocycles. The standard InChI is InChI=1S/C16H32/c1-3-5-7-9-11-13-15-16-14-12-10-8-6-4-2/h5,7H,3-4,6,8-16H2,1-2H3/b7-5+. The zero-order valence-corrected chi connectivity index (χ0v) is 11.6. The molecule has 0 spiro atoms. The van der Waals surface area contributed by atoms with Gasteiger partial charge in [-0.25, -0.2) is 0 Å². The number of hydrogen-bond donors (Lipinski definition) is 0. The van der Waals surface area contributed by atoms with Crippen molar-refractivity contribution in [3.63, 3.8) is 0 Å². The summed E-state index contributed by atoms with van der Waals surface area (Å²) in [6, 6.07) is 0. The Balaban J connectivity index is 2.90. The Morgan fingerprint density at radius 1 is 0.562 bits per heavy atom. The Hall–Kier alpha value is -0.260. The van der Waals surface area contributed by atoms with Gasteiger partial charge in [0.1, 0.15) is 0 Å². The molecule has 0 saturated carbocycles. The third-order valence-electron chi connectivity index (χ3n) is 3.13. The number of hydrogen-bond acceptors (Lipinski definition) is 0. The van der Waals surface area contributed by atoms with Crippen LogP contribution >= 0.6 is 0 Å². The van der Waals surface area contributed by atoms with Crippen molar-refractivity contribution in [2.75, 3.05) is 0 Å². The van der Waals surface area contributed by atoms with Crippen LogP contribution in [0.1, 0.15) is 90.9 Å². The van der Waals surface area contributed by atoms with Crippen LogP contribution < -0.4 is 0 Å². The van der Waals surface area contributed by atoms with Gasteiger partial charge >= 0.3 is 0 Å². The van der Waals surface area contributed by atoms with E-state index < -0.39 is 0 Å². The van der Waals surface area contributed by atoms with Gasteiger partial charge in [0.2, 0.25) is 0 Å². The van der Waals surface area contributed by atoms with Gasteiger partial charge in [-0.15, -0.1) is 0 Å². The molecular weight excluding hydrogens is 192 g/mol. The number of unbranched alkanes of at least 4 members (excludes halogenated alkanes) is 10. The SMILES string of the molecule is CC/C=C/CCCCCCCCCCCC. The predicted octanol–water partition coefficient (Wildman–Crippen LogP) is 6.26. The van der Waals surface area contributed by atoms with Gasteiger partial charge in [-0.05, 0) is 19.3 Å². The van der Waals surface area contributed by atoms with Crippen molar-refractivity contribution in [1.82, 2.24) is 0 Å². The molecule has 0 atom stereocenters. The molecule has 0 nitrogen and oxygen atoms in total. The van der Waals surface area contributed by atoms with Gasteiger partial charge < -0.3 is 0 Å². The fourth-order valence-electron chi connectivity index (χ4n) is 2.03. The van der Waals surface area contributed by atoms with Gasteiger partial charge in [-0.2, -0.15) is 0 Å². The molecule has 0 fully saturated rings. The van der Waals surface area contributed by atoms with Crippen molar-refractivity contribution in [3.8, 4) is 0 Å². The van der Waals surface area contributed by atoms with Gasteiger partial charge in [0.05, 0.1) is 0 Å². The smallest absolute Gasteiger partial charge is 0.0351 e. The Morgan fingerprint density at radius 2 is 1.06 bits per heavy atom. The summed E-state index contributed by atoms with van der Waals surface area (Å²) in [6.45, 7) is 4.49. The highest BCUT2D eigenvalue weighted by atomic mass is 14.0. The molecule has 0 aliphatic rings. The van der Waals surface area contributed by atoms with Crippen LogP contribution in [0.5, 0.6) is 0 Å². The van der Waals surface area contributed by atoms with E-state index in [-0.39, 0.29) is 0 Å². The molecule has 16 heavy (non-hydrogen) atoms. The molecule has 0 unspecified atom stereocenters. The van der Waals surface area contributed by atoms with E-state index in [1.807, 2.05) is 0 Å². The van der Waals surface area contributed by atoms with E-state index in [0.29, 0.717) is 0 Å². The quantitative estimate of drug-likeness (QED) is 0.271. The molecule has 0 amide bonds. The van der Waals surface area contributed by atoms with Crippen LogP contribution in [0.4, 0.5) is 0 Å². The van der Waals surface area contributed by atoms with Crippen LogP contribution in [0.3, 0.4) is 0 Å². The lowest BCUT2D eigenvalue weighted by atomic mass is 10.1. The van der Waals surface area contributed by atoms with E-state index in [2.05, 4.69) is 26.0 Å². The van der Waals surface area contributed by atoms with Gasteiger partial charge in [-0.3, -0.25) is 0 Å². The fourth-order valence-corrected chi connectivity index (χ4v) is 2.03. The van der Waals surface area contributed by atoms with E-state index in [1.54, 1.807) is 0 Å². The second-order valence-electron chi connectivity index (χ2n) is 4.85. The molecular formula is C16H32. The van der Waals surface area contributed by atoms with Crippen molar-refractivity contribution < 1.29 is 0 Å². The third-order valence-corrected chi connectivity index (χ3v) is 3.13. The topological polar surface area (TPSA) is 0 Å². The van der Waals surface area contributed by atoms with E-state index in [4.69, 9.17) is 0 Å². The molecule has 0 heteroatoms. The molecule has 0 N–H and O–H groups in total. The lowest BCUT2D eigenvalue weighted by Gasteiger charge is -2.01. The van der Waals surface area contributed by atoms with Gasteiger partial charge in [0.15, 0.2) is 0 Å². The molecule has 0 rings (SSSR count). The Bertz CT molecular complexity index is 135. The fraction of sp³-hybridized carbons (Fsp3) is 0.875. The van der Waals surface area contributed by atoms with Crippen molar-refractivity contribution in [1.29, 1.82) is 0 Å². The van der Waals surface area contributed by atoms with Crippen LogP contribution in [-0.2, 0) is 0 Å². The molecule has 0 heterocycles. The summed E-state index contributed by atoms with van der Waals surface area (Å²) < 4.78 is 0. The zero-order valence-electron chi connectivity index (χ0n) is 11.6. The van der Waals surface area contributed by atoms with Crippen molar-refractivity contribution in [2.24, 2.45) is 0 Å². The molecule has 0 aromatic heterocycles. The summed E-state index contributed by atoms with van der Waals surface area (Å²) >= 11 is 0. The molecule has 96 valence electrons. The van der Waals surface area contributed by atoms with E-state index in [9.17, 15) is 0 Å². The number of allylic oxidation sites excluding steroid dienone is 2. The third kappa shape index (κ3) is 13.7. The minimum Gasteiger partial charge on any atom is -0.0888 e. The predicted molar refractivity (Wildman–Crippen MR) is 75.9 cm³/mol. The maximum Gasteiger partial charge on any atom is -0.0351 e. The van der Waals surface area contributed by atoms with E-state index in [1.165, 1.54) is 77.0 Å². The largest absolute Gasteiger partial charge is 0.0888 e. The maximum absolute atomic E-state index is 2.34. The summed E-state index contributed by atoms with van der Waals surface area (Å²) in [6.07, 6.45) is 21.5. The van der Waals surface area contributed by atoms with E-state index in [0.717, 1.165) is 0 Å². The molecule has 0 aliphatic heterocycles. The van der Waals surface area contributed by atoms with Crippen molar-refractivity contribution in [3.05, 3.63) is 12.2 Å². The van der Waals surface area contributed by atoms with Crippen LogP contribution in [0, 0.1) is 0 Å². The average molecular weight is 224 g/mol. The summed E-state index contributed by atoms with van der Waals surface area (Å²) in [5, 5.41) is 0. The Kier molecular flexibility index (Phi) is 14.5. The van der Waals surface area contributed by atoms with Gasteiger partial charge in [0.25, 0.3) is 0 Å². The Labute approximate surface area is 104 Å². The first kappa shape index (κ1) is 15.7. The van der Waals surface area contributed by atoms with Crippen molar-refractivity contribution in [2.45, 2.75) is 90.9 Å². The molecule has 0 bridgehead atoms. The highest BCUT2D eigenvalue weighted by molar-refractivity contribution is 4.79. The first-order chi connectivity index (χ1) is 7.91. The first-order valence-electron chi connectivity index (χ1n) is 7.56. The van der Waals surface area contributed by atoms with Gasteiger partial charge in [-0.1, -0.05) is 83.8 Å². The summed E-state index contributed by atoms with van der Waals surface area (Å²) in [5.41, 5.74) is 0. The molecule has 0 aromatic rings. The normalized spacial score (nSPS) is 11.4. The Morgan fingerprint density at radius 3 is 1.56 bits per heavy atom. The molecule has 0 aliphatic carbocycles. The second-order valence-corrected chi connectivity index (χ2v) is 4.85. The van der Waals surface area contributed by atoms with E-state index >= 15 is 0 Å². The highest BCUT2D eigenvalue weighted by Crippen LogP contribution is 2.11. The lowest BCUT2D eigenvalue weighted by Crippen LogP contribution is -1.81. The van der Waals surface area contributed by atoms with Gasteiger partial charge in [0, 0.05) is 0 Å². The summed E-state index contributed by atoms with van der Waals surface area (Å²) in [7, 11) is 0. The minimum absolute atomic E-state index is 1.19. The second kappa shape index (κ2) is 14.7. The van der Waals surface area contributed by atoms with Crippen LogP contribution in [0.2, 0.25) is 0 Å². The summed E-state index contributed by atoms with van der Waals surface area (Å²) in [4.78, 5) is 0. The monoisotopic (exact) mass is 224 g/mol. The van der Waals surface area contributed by atoms with Crippen LogP contribution in [0.25, 0.3) is 0 Å².